The fourth-order valence-corrected chi connectivity index (χ4v) is 2.74. The maximum absolute atomic E-state index is 12.8. The lowest BCUT2D eigenvalue weighted by molar-refractivity contribution is 0.102. The first-order valence-corrected chi connectivity index (χ1v) is 8.42. The Hall–Kier alpha value is -3.17. The lowest BCUT2D eigenvalue weighted by Gasteiger charge is -2.32. The molecule has 1 aliphatic heterocycles. The Morgan fingerprint density at radius 2 is 1.92 bits per heavy atom. The number of anilines is 1. The van der Waals surface area contributed by atoms with Crippen LogP contribution >= 0.6 is 0 Å². The van der Waals surface area contributed by atoms with E-state index in [-0.39, 0.29) is 5.91 Å². The third-order valence-electron chi connectivity index (χ3n) is 4.30. The van der Waals surface area contributed by atoms with Gasteiger partial charge in [0.1, 0.15) is 5.84 Å². The van der Waals surface area contributed by atoms with Crippen LogP contribution < -0.4 is 5.32 Å². The van der Waals surface area contributed by atoms with Crippen molar-refractivity contribution in [1.29, 1.82) is 0 Å². The van der Waals surface area contributed by atoms with Crippen molar-refractivity contribution < 1.29 is 4.79 Å². The zero-order valence-electron chi connectivity index (χ0n) is 14.9. The van der Waals surface area contributed by atoms with Crippen LogP contribution in [0.2, 0.25) is 0 Å². The Morgan fingerprint density at radius 3 is 2.65 bits per heavy atom. The summed E-state index contributed by atoms with van der Waals surface area (Å²) in [6.07, 6.45) is 0. The quantitative estimate of drug-likeness (QED) is 0.866. The van der Waals surface area contributed by atoms with E-state index in [4.69, 9.17) is 11.6 Å². The fourth-order valence-electron chi connectivity index (χ4n) is 2.74. The van der Waals surface area contributed by atoms with Gasteiger partial charge in [-0.15, -0.1) is 0 Å². The van der Waals surface area contributed by atoms with Crippen LogP contribution in [0.1, 0.15) is 10.4 Å². The molecule has 1 heterocycles. The molecule has 1 saturated heterocycles. The van der Waals surface area contributed by atoms with E-state index in [1.807, 2.05) is 44.4 Å². The molecule has 0 saturated carbocycles. The highest BCUT2D eigenvalue weighted by molar-refractivity contribution is 6.09. The van der Waals surface area contributed by atoms with Crippen LogP contribution in [-0.2, 0) is 0 Å². The molecule has 0 atom stereocenters. The SMILES string of the molecule is [C-]#[N+]c1ccc(N=C2CN(C)CCN2C)c(C(=O)Nc2ccccc2)c1. The second-order valence-corrected chi connectivity index (χ2v) is 6.32. The first-order valence-electron chi connectivity index (χ1n) is 8.42. The van der Waals surface area contributed by atoms with Crippen LogP contribution in [0.3, 0.4) is 0 Å². The Balaban J connectivity index is 1.95. The number of carbonyl (C=O) groups is 1. The summed E-state index contributed by atoms with van der Waals surface area (Å²) in [4.78, 5) is 25.2. The number of amidine groups is 1. The lowest BCUT2D eigenvalue weighted by Crippen LogP contribution is -2.46. The van der Waals surface area contributed by atoms with Gasteiger partial charge in [-0.3, -0.25) is 9.69 Å². The van der Waals surface area contributed by atoms with Crippen molar-refractivity contribution in [3.63, 3.8) is 0 Å². The van der Waals surface area contributed by atoms with E-state index in [0.717, 1.165) is 25.5 Å². The molecular formula is C20H21N5O. The first kappa shape index (κ1) is 17.6. The summed E-state index contributed by atoms with van der Waals surface area (Å²) in [6, 6.07) is 14.3. The number of rotatable bonds is 3. The molecule has 6 heteroatoms. The van der Waals surface area contributed by atoms with Crippen molar-refractivity contribution in [3.8, 4) is 0 Å². The zero-order chi connectivity index (χ0) is 18.5. The van der Waals surface area contributed by atoms with Gasteiger partial charge in [0.05, 0.1) is 24.4 Å². The molecule has 0 aromatic heterocycles. The van der Waals surface area contributed by atoms with Gasteiger partial charge in [0, 0.05) is 25.8 Å². The molecule has 6 nitrogen and oxygen atoms in total. The van der Waals surface area contributed by atoms with Crippen LogP contribution in [0, 0.1) is 6.57 Å². The molecule has 1 N–H and O–H groups in total. The molecule has 0 unspecified atom stereocenters. The number of piperazine rings is 1. The standard InChI is InChI=1S/C20H21N5O/c1-21-16-9-10-18(23-19-14-24(2)11-12-25(19)3)17(13-16)20(26)22-15-7-5-4-6-8-15/h4-10,13H,11-12,14H2,2-3H3,(H,22,26). The summed E-state index contributed by atoms with van der Waals surface area (Å²) < 4.78 is 0. The van der Waals surface area contributed by atoms with Gasteiger partial charge in [-0.2, -0.15) is 0 Å². The van der Waals surface area contributed by atoms with Crippen LogP contribution in [0.25, 0.3) is 4.85 Å². The van der Waals surface area contributed by atoms with E-state index in [9.17, 15) is 4.79 Å². The van der Waals surface area contributed by atoms with Gasteiger partial charge in [0.2, 0.25) is 0 Å². The van der Waals surface area contributed by atoms with E-state index >= 15 is 0 Å². The molecule has 3 rings (SSSR count). The van der Waals surface area contributed by atoms with Crippen LogP contribution in [-0.4, -0.2) is 55.3 Å². The Labute approximate surface area is 153 Å². The maximum atomic E-state index is 12.8. The number of likely N-dealkylation sites (N-methyl/N-ethyl adjacent to an activating group) is 2. The van der Waals surface area contributed by atoms with Gasteiger partial charge < -0.3 is 10.2 Å². The highest BCUT2D eigenvalue weighted by Crippen LogP contribution is 2.27. The van der Waals surface area contributed by atoms with Crippen LogP contribution in [0.5, 0.6) is 0 Å². The van der Waals surface area contributed by atoms with Gasteiger partial charge in [0.15, 0.2) is 5.69 Å². The molecule has 0 spiro atoms. The van der Waals surface area contributed by atoms with Crippen molar-refractivity contribution in [2.24, 2.45) is 4.99 Å². The molecule has 132 valence electrons. The molecule has 1 aliphatic rings. The summed E-state index contributed by atoms with van der Waals surface area (Å²) in [6.45, 7) is 9.82. The third kappa shape index (κ3) is 4.08. The predicted octanol–water partition coefficient (Wildman–Crippen LogP) is 3.40. The van der Waals surface area contributed by atoms with E-state index in [2.05, 4.69) is 20.0 Å². The molecular weight excluding hydrogens is 326 g/mol. The molecule has 2 aromatic rings. The van der Waals surface area contributed by atoms with Crippen molar-refractivity contribution in [2.75, 3.05) is 39.0 Å². The second-order valence-electron chi connectivity index (χ2n) is 6.32. The van der Waals surface area contributed by atoms with E-state index in [1.165, 1.54) is 0 Å². The molecule has 1 fully saturated rings. The number of nitrogens with one attached hydrogen (secondary N) is 1. The van der Waals surface area contributed by atoms with Gasteiger partial charge in [-0.05, 0) is 31.3 Å². The van der Waals surface area contributed by atoms with Gasteiger partial charge in [-0.1, -0.05) is 24.3 Å². The molecule has 0 aliphatic carbocycles. The number of aliphatic imine (C=N–C) groups is 1. The van der Waals surface area contributed by atoms with Gasteiger partial charge in [-0.25, -0.2) is 9.84 Å². The Kier molecular flexibility index (Phi) is 5.30. The average Bonchev–Trinajstić information content (AvgIpc) is 2.65. The number of hydrogen-bond donors (Lipinski definition) is 1. The van der Waals surface area contributed by atoms with Crippen molar-refractivity contribution in [2.45, 2.75) is 0 Å². The highest BCUT2D eigenvalue weighted by atomic mass is 16.1. The topological polar surface area (TPSA) is 52.3 Å². The largest absolute Gasteiger partial charge is 0.361 e. The molecule has 0 radical (unpaired) electrons. The van der Waals surface area contributed by atoms with Gasteiger partial charge in [0.25, 0.3) is 5.91 Å². The fraction of sp³-hybridized carbons (Fsp3) is 0.250. The van der Waals surface area contributed by atoms with Crippen LogP contribution in [0.15, 0.2) is 53.5 Å². The number of carbonyl (C=O) groups excluding carboxylic acids is 1. The zero-order valence-corrected chi connectivity index (χ0v) is 14.9. The summed E-state index contributed by atoms with van der Waals surface area (Å²) in [5.41, 5.74) is 2.10. The minimum atomic E-state index is -0.270. The van der Waals surface area contributed by atoms with Crippen LogP contribution in [0.4, 0.5) is 17.1 Å². The monoisotopic (exact) mass is 347 g/mol. The number of benzene rings is 2. The Morgan fingerprint density at radius 1 is 1.15 bits per heavy atom. The van der Waals surface area contributed by atoms with Crippen molar-refractivity contribution in [3.05, 3.63) is 65.5 Å². The number of hydrogen-bond acceptors (Lipinski definition) is 3. The molecule has 1 amide bonds. The summed E-state index contributed by atoms with van der Waals surface area (Å²) in [5.74, 6) is 0.635. The minimum absolute atomic E-state index is 0.270. The van der Waals surface area contributed by atoms with E-state index in [0.29, 0.717) is 22.6 Å². The highest BCUT2D eigenvalue weighted by Gasteiger charge is 2.19. The van der Waals surface area contributed by atoms with E-state index in [1.54, 1.807) is 18.2 Å². The Bertz CT molecular complexity index is 870. The number of para-hydroxylation sites is 1. The van der Waals surface area contributed by atoms with E-state index < -0.39 is 0 Å². The first-order chi connectivity index (χ1) is 12.6. The van der Waals surface area contributed by atoms with Crippen molar-refractivity contribution >= 4 is 28.8 Å². The number of amides is 1. The minimum Gasteiger partial charge on any atom is -0.361 e. The second kappa shape index (κ2) is 7.81. The maximum Gasteiger partial charge on any atom is 0.256 e. The summed E-state index contributed by atoms with van der Waals surface area (Å²) >= 11 is 0. The third-order valence-corrected chi connectivity index (χ3v) is 4.30. The van der Waals surface area contributed by atoms with Gasteiger partial charge >= 0.3 is 0 Å². The molecule has 2 aromatic carbocycles. The molecule has 0 bridgehead atoms. The average molecular weight is 347 g/mol. The number of nitrogens with zero attached hydrogens (tertiary/aromatic N) is 4. The smallest absolute Gasteiger partial charge is 0.256 e. The summed E-state index contributed by atoms with van der Waals surface area (Å²) in [7, 11) is 4.05. The lowest BCUT2D eigenvalue weighted by atomic mass is 10.1. The molecule has 26 heavy (non-hydrogen) atoms. The normalized spacial score (nSPS) is 16.3. The van der Waals surface area contributed by atoms with Crippen molar-refractivity contribution in [1.82, 2.24) is 9.80 Å². The predicted molar refractivity (Wildman–Crippen MR) is 104 cm³/mol. The summed E-state index contributed by atoms with van der Waals surface area (Å²) in [5, 5.41) is 2.87.